The van der Waals surface area contributed by atoms with Crippen LogP contribution in [-0.4, -0.2) is 35.4 Å². The minimum Gasteiger partial charge on any atom is -0.461 e. The number of carbonyl (C=O) groups excluding carboxylic acids is 2. The Morgan fingerprint density at radius 1 is 1.43 bits per heavy atom. The van der Waals surface area contributed by atoms with Gasteiger partial charge in [-0.2, -0.15) is 0 Å². The predicted molar refractivity (Wildman–Crippen MR) is 74.1 cm³/mol. The zero-order valence-corrected chi connectivity index (χ0v) is 12.5. The lowest BCUT2D eigenvalue weighted by atomic mass is 9.79. The molecule has 3 rings (SSSR count). The second-order valence-electron chi connectivity index (χ2n) is 6.67. The van der Waals surface area contributed by atoms with Crippen molar-refractivity contribution in [2.24, 2.45) is 23.7 Å². The van der Waals surface area contributed by atoms with Gasteiger partial charge in [-0.05, 0) is 31.1 Å². The first-order valence-corrected chi connectivity index (χ1v) is 7.65. The molecule has 5 nitrogen and oxygen atoms in total. The largest absolute Gasteiger partial charge is 0.461 e. The fourth-order valence-electron chi connectivity index (χ4n) is 4.54. The number of hydrogen-bond acceptors (Lipinski definition) is 5. The summed E-state index contributed by atoms with van der Waals surface area (Å²) in [5.41, 5.74) is 0.373. The minimum atomic E-state index is -0.515. The first-order chi connectivity index (χ1) is 9.90. The molecule has 1 saturated heterocycles. The fraction of sp³-hybridized carbons (Fsp3) is 0.750. The number of carbonyl (C=O) groups is 2. The van der Waals surface area contributed by atoms with Gasteiger partial charge in [0.2, 0.25) is 0 Å². The molecule has 0 aromatic carbocycles. The molecule has 21 heavy (non-hydrogen) atoms. The summed E-state index contributed by atoms with van der Waals surface area (Å²) in [5.74, 6) is -0.643. The summed E-state index contributed by atoms with van der Waals surface area (Å²) in [7, 11) is 0. The predicted octanol–water partition coefficient (Wildman–Crippen LogP) is 1.44. The highest BCUT2D eigenvalue weighted by atomic mass is 16.6. The van der Waals surface area contributed by atoms with Crippen molar-refractivity contribution < 1.29 is 24.2 Å². The molecule has 0 amide bonds. The SMILES string of the molecule is C=C1C(=O)O[C@H]2C[C@@H](C)[C@@H]3CC[C@H](O)[C@H]3[C@@H](OC(C)=O)[C@H]12. The van der Waals surface area contributed by atoms with Gasteiger partial charge in [-0.25, -0.2) is 4.79 Å². The van der Waals surface area contributed by atoms with Crippen LogP contribution in [0.2, 0.25) is 0 Å². The van der Waals surface area contributed by atoms with Gasteiger partial charge in [0.05, 0.1) is 12.0 Å². The van der Waals surface area contributed by atoms with E-state index in [1.54, 1.807) is 0 Å². The molecule has 0 unspecified atom stereocenters. The van der Waals surface area contributed by atoms with Crippen LogP contribution in [0.4, 0.5) is 0 Å². The van der Waals surface area contributed by atoms with E-state index in [1.807, 2.05) is 0 Å². The highest BCUT2D eigenvalue weighted by Gasteiger charge is 2.56. The van der Waals surface area contributed by atoms with E-state index in [9.17, 15) is 14.7 Å². The molecule has 5 heteroatoms. The molecule has 0 bridgehead atoms. The van der Waals surface area contributed by atoms with Crippen LogP contribution in [0, 0.1) is 23.7 Å². The molecule has 7 atom stereocenters. The zero-order chi connectivity index (χ0) is 15.3. The molecule has 0 aromatic rings. The number of aliphatic hydroxyl groups is 1. The maximum atomic E-state index is 11.8. The average Bonchev–Trinajstić information content (AvgIpc) is 2.86. The molecule has 3 fully saturated rings. The number of ether oxygens (including phenoxy) is 2. The van der Waals surface area contributed by atoms with E-state index in [2.05, 4.69) is 13.5 Å². The summed E-state index contributed by atoms with van der Waals surface area (Å²) in [6, 6.07) is 0. The van der Waals surface area contributed by atoms with Crippen molar-refractivity contribution in [3.8, 4) is 0 Å². The van der Waals surface area contributed by atoms with Crippen LogP contribution in [0.25, 0.3) is 0 Å². The fourth-order valence-corrected chi connectivity index (χ4v) is 4.54. The summed E-state index contributed by atoms with van der Waals surface area (Å²) in [4.78, 5) is 23.4. The van der Waals surface area contributed by atoms with E-state index >= 15 is 0 Å². The molecular formula is C16H22O5. The van der Waals surface area contributed by atoms with Crippen LogP contribution in [0.3, 0.4) is 0 Å². The highest BCUT2D eigenvalue weighted by Crippen LogP contribution is 2.50. The third-order valence-electron chi connectivity index (χ3n) is 5.43. The molecule has 1 aliphatic heterocycles. The minimum absolute atomic E-state index is 0.134. The summed E-state index contributed by atoms with van der Waals surface area (Å²) < 4.78 is 11.0. The van der Waals surface area contributed by atoms with Gasteiger partial charge < -0.3 is 14.6 Å². The summed E-state index contributed by atoms with van der Waals surface area (Å²) in [6.07, 6.45) is 1.08. The summed E-state index contributed by atoms with van der Waals surface area (Å²) >= 11 is 0. The van der Waals surface area contributed by atoms with Crippen LogP contribution in [-0.2, 0) is 19.1 Å². The van der Waals surface area contributed by atoms with Gasteiger partial charge in [0.1, 0.15) is 12.2 Å². The molecule has 1 N–H and O–H groups in total. The normalized spacial score (nSPS) is 45.6. The van der Waals surface area contributed by atoms with Crippen LogP contribution in [0.5, 0.6) is 0 Å². The molecule has 2 aliphatic carbocycles. The number of hydrogen-bond donors (Lipinski definition) is 1. The van der Waals surface area contributed by atoms with Gasteiger partial charge in [-0.15, -0.1) is 0 Å². The average molecular weight is 294 g/mol. The van der Waals surface area contributed by atoms with Gasteiger partial charge >= 0.3 is 11.9 Å². The standard InChI is InChI=1S/C16H22O5/c1-7-6-12-13(8(2)16(19)21-12)15(20-9(3)17)14-10(7)4-5-11(14)18/h7,10-15,18H,2,4-6H2,1,3H3/t7-,10+,11+,12+,13-,14+,15+/m1/s1. The lowest BCUT2D eigenvalue weighted by molar-refractivity contribution is -0.156. The molecule has 116 valence electrons. The Morgan fingerprint density at radius 3 is 2.81 bits per heavy atom. The van der Waals surface area contributed by atoms with Crippen LogP contribution in [0.15, 0.2) is 12.2 Å². The van der Waals surface area contributed by atoms with Gasteiger partial charge in [0, 0.05) is 18.4 Å². The molecule has 2 saturated carbocycles. The van der Waals surface area contributed by atoms with Crippen molar-refractivity contribution in [3.05, 3.63) is 12.2 Å². The second kappa shape index (κ2) is 5.13. The Bertz CT molecular complexity index is 485. The van der Waals surface area contributed by atoms with E-state index < -0.39 is 24.1 Å². The molecule has 0 aromatic heterocycles. The van der Waals surface area contributed by atoms with E-state index in [0.717, 1.165) is 19.3 Å². The number of esters is 2. The Balaban J connectivity index is 2.01. The van der Waals surface area contributed by atoms with E-state index in [1.165, 1.54) is 6.92 Å². The molecule has 3 aliphatic rings. The highest BCUT2D eigenvalue weighted by molar-refractivity contribution is 5.91. The molecule has 1 heterocycles. The van der Waals surface area contributed by atoms with E-state index in [4.69, 9.17) is 9.47 Å². The maximum Gasteiger partial charge on any atom is 0.334 e. The van der Waals surface area contributed by atoms with Crippen LogP contribution >= 0.6 is 0 Å². The molecular weight excluding hydrogens is 272 g/mol. The van der Waals surface area contributed by atoms with Gasteiger partial charge in [0.25, 0.3) is 0 Å². The van der Waals surface area contributed by atoms with E-state index in [-0.39, 0.29) is 17.9 Å². The third-order valence-corrected chi connectivity index (χ3v) is 5.43. The van der Waals surface area contributed by atoms with Crippen LogP contribution in [0.1, 0.15) is 33.1 Å². The van der Waals surface area contributed by atoms with Crippen LogP contribution < -0.4 is 0 Å². The number of rotatable bonds is 1. The first-order valence-electron chi connectivity index (χ1n) is 7.65. The lowest BCUT2D eigenvalue weighted by Crippen LogP contribution is -2.41. The van der Waals surface area contributed by atoms with Crippen molar-refractivity contribution in [1.82, 2.24) is 0 Å². The lowest BCUT2D eigenvalue weighted by Gasteiger charge is -2.32. The Kier molecular flexibility index (Phi) is 3.56. The summed E-state index contributed by atoms with van der Waals surface area (Å²) in [6.45, 7) is 7.32. The maximum absolute atomic E-state index is 11.8. The van der Waals surface area contributed by atoms with Crippen molar-refractivity contribution in [3.63, 3.8) is 0 Å². The Morgan fingerprint density at radius 2 is 2.14 bits per heavy atom. The van der Waals surface area contributed by atoms with Gasteiger partial charge in [-0.3, -0.25) is 4.79 Å². The smallest absolute Gasteiger partial charge is 0.334 e. The van der Waals surface area contributed by atoms with Crippen molar-refractivity contribution in [2.75, 3.05) is 0 Å². The number of aliphatic hydroxyl groups excluding tert-OH is 1. The van der Waals surface area contributed by atoms with Crippen molar-refractivity contribution >= 4 is 11.9 Å². The van der Waals surface area contributed by atoms with Gasteiger partial charge in [-0.1, -0.05) is 13.5 Å². The monoisotopic (exact) mass is 294 g/mol. The second-order valence-corrected chi connectivity index (χ2v) is 6.67. The van der Waals surface area contributed by atoms with Gasteiger partial charge in [0.15, 0.2) is 0 Å². The quantitative estimate of drug-likeness (QED) is 0.585. The first kappa shape index (κ1) is 14.6. The summed E-state index contributed by atoms with van der Waals surface area (Å²) in [5, 5.41) is 10.4. The zero-order valence-electron chi connectivity index (χ0n) is 12.5. The Labute approximate surface area is 124 Å². The Hall–Kier alpha value is -1.36. The third kappa shape index (κ3) is 2.27. The van der Waals surface area contributed by atoms with Crippen molar-refractivity contribution in [1.29, 1.82) is 0 Å². The number of fused-ring (bicyclic) bond motifs is 2. The van der Waals surface area contributed by atoms with E-state index in [0.29, 0.717) is 17.4 Å². The molecule has 0 spiro atoms. The topological polar surface area (TPSA) is 72.8 Å². The molecule has 0 radical (unpaired) electrons. The van der Waals surface area contributed by atoms with Crippen molar-refractivity contribution in [2.45, 2.75) is 51.4 Å².